The van der Waals surface area contributed by atoms with Gasteiger partial charge in [-0.1, -0.05) is 88.7 Å². The first-order chi connectivity index (χ1) is 14.1. The normalized spacial score (nSPS) is 23.9. The standard InChI is InChI=1S/C24H22BrO3P/c1-2-27-29(26)24(20-13-15-21(25)16-14-20)22(18-9-5-3-6-10-18)17-23(28-29)19-11-7-4-8-12-19/h3-17,22,24H,2H2,1H3/t22-,24+,29-/m1/s1. The molecule has 3 aromatic rings. The van der Waals surface area contributed by atoms with Crippen LogP contribution in [-0.4, -0.2) is 6.61 Å². The van der Waals surface area contributed by atoms with Crippen LogP contribution in [0.15, 0.2) is 95.5 Å². The summed E-state index contributed by atoms with van der Waals surface area (Å²) in [6.45, 7) is 2.16. The van der Waals surface area contributed by atoms with Gasteiger partial charge < -0.3 is 4.52 Å². The molecule has 0 N–H and O–H groups in total. The van der Waals surface area contributed by atoms with Gasteiger partial charge in [0, 0.05) is 16.0 Å². The zero-order valence-corrected chi connectivity index (χ0v) is 18.6. The van der Waals surface area contributed by atoms with Gasteiger partial charge in [0.25, 0.3) is 0 Å². The summed E-state index contributed by atoms with van der Waals surface area (Å²) in [5.41, 5.74) is 2.48. The van der Waals surface area contributed by atoms with E-state index in [1.807, 2.05) is 79.7 Å². The van der Waals surface area contributed by atoms with Crippen LogP contribution in [0.5, 0.6) is 0 Å². The first-order valence-corrected chi connectivity index (χ1v) is 12.0. The van der Waals surface area contributed by atoms with Crippen LogP contribution in [0, 0.1) is 0 Å². The topological polar surface area (TPSA) is 35.5 Å². The molecule has 0 bridgehead atoms. The summed E-state index contributed by atoms with van der Waals surface area (Å²) in [6.07, 6.45) is 2.08. The average Bonchev–Trinajstić information content (AvgIpc) is 2.75. The minimum Gasteiger partial charge on any atom is -0.424 e. The lowest BCUT2D eigenvalue weighted by atomic mass is 9.90. The summed E-state index contributed by atoms with van der Waals surface area (Å²) < 4.78 is 27.1. The lowest BCUT2D eigenvalue weighted by Gasteiger charge is -2.37. The first kappa shape index (κ1) is 20.2. The van der Waals surface area contributed by atoms with Crippen molar-refractivity contribution in [2.45, 2.75) is 18.5 Å². The van der Waals surface area contributed by atoms with Crippen LogP contribution in [0.1, 0.15) is 35.2 Å². The predicted molar refractivity (Wildman–Crippen MR) is 121 cm³/mol. The Hall–Kier alpha value is -2.13. The van der Waals surface area contributed by atoms with Gasteiger partial charge in [0.15, 0.2) is 0 Å². The van der Waals surface area contributed by atoms with Crippen molar-refractivity contribution < 1.29 is 13.6 Å². The van der Waals surface area contributed by atoms with Crippen LogP contribution < -0.4 is 0 Å². The van der Waals surface area contributed by atoms with Gasteiger partial charge in [0.2, 0.25) is 0 Å². The van der Waals surface area contributed by atoms with E-state index >= 15 is 0 Å². The summed E-state index contributed by atoms with van der Waals surface area (Å²) in [4.78, 5) is 0. The second-order valence-electron chi connectivity index (χ2n) is 6.88. The molecule has 3 aromatic carbocycles. The molecule has 3 atom stereocenters. The number of hydrogen-bond donors (Lipinski definition) is 0. The molecule has 3 nitrogen and oxygen atoms in total. The van der Waals surface area contributed by atoms with Gasteiger partial charge in [0.1, 0.15) is 11.4 Å². The SMILES string of the molecule is CCO[P@@]1(=O)OC(c2ccccc2)=C[C@H](c2ccccc2)[C@@H]1c1ccc(Br)cc1. The highest BCUT2D eigenvalue weighted by atomic mass is 79.9. The zero-order valence-electron chi connectivity index (χ0n) is 16.1. The van der Waals surface area contributed by atoms with Gasteiger partial charge in [-0.25, -0.2) is 4.57 Å². The summed E-state index contributed by atoms with van der Waals surface area (Å²) in [5.74, 6) is 0.461. The van der Waals surface area contributed by atoms with Crippen molar-refractivity contribution in [3.63, 3.8) is 0 Å². The molecule has 4 rings (SSSR count). The van der Waals surface area contributed by atoms with Crippen molar-refractivity contribution in [3.05, 3.63) is 112 Å². The number of halogens is 1. The van der Waals surface area contributed by atoms with Gasteiger partial charge in [-0.3, -0.25) is 4.52 Å². The third-order valence-corrected chi connectivity index (χ3v) is 7.90. The summed E-state index contributed by atoms with van der Waals surface area (Å²) in [5, 5.41) is 0. The molecule has 1 aliphatic heterocycles. The Morgan fingerprint density at radius 2 is 1.52 bits per heavy atom. The van der Waals surface area contributed by atoms with Crippen molar-refractivity contribution in [1.82, 2.24) is 0 Å². The van der Waals surface area contributed by atoms with Crippen LogP contribution in [0.25, 0.3) is 5.76 Å². The zero-order chi connectivity index (χ0) is 20.3. The van der Waals surface area contributed by atoms with Gasteiger partial charge in [0.05, 0.1) is 6.61 Å². The number of hydrogen-bond acceptors (Lipinski definition) is 3. The van der Waals surface area contributed by atoms with E-state index in [4.69, 9.17) is 9.05 Å². The molecule has 0 aromatic heterocycles. The third-order valence-electron chi connectivity index (χ3n) is 5.00. The van der Waals surface area contributed by atoms with Crippen LogP contribution in [0.3, 0.4) is 0 Å². The van der Waals surface area contributed by atoms with E-state index in [0.29, 0.717) is 12.4 Å². The van der Waals surface area contributed by atoms with Gasteiger partial charge in [-0.2, -0.15) is 0 Å². The molecule has 0 aliphatic carbocycles. The number of allylic oxidation sites excluding steroid dienone is 1. The fraction of sp³-hybridized carbons (Fsp3) is 0.167. The molecule has 29 heavy (non-hydrogen) atoms. The third kappa shape index (κ3) is 4.25. The van der Waals surface area contributed by atoms with E-state index in [9.17, 15) is 4.57 Å². The van der Waals surface area contributed by atoms with Crippen molar-refractivity contribution in [3.8, 4) is 0 Å². The highest BCUT2D eigenvalue weighted by Crippen LogP contribution is 2.70. The van der Waals surface area contributed by atoms with Gasteiger partial charge in [-0.15, -0.1) is 0 Å². The Morgan fingerprint density at radius 3 is 2.14 bits per heavy atom. The Labute approximate surface area is 180 Å². The van der Waals surface area contributed by atoms with Crippen LogP contribution >= 0.6 is 23.5 Å². The molecule has 0 saturated heterocycles. The average molecular weight is 469 g/mol. The first-order valence-electron chi connectivity index (χ1n) is 9.62. The van der Waals surface area contributed by atoms with E-state index in [2.05, 4.69) is 34.1 Å². The van der Waals surface area contributed by atoms with Crippen molar-refractivity contribution in [1.29, 1.82) is 0 Å². The lowest BCUT2D eigenvalue weighted by Crippen LogP contribution is -2.18. The highest BCUT2D eigenvalue weighted by molar-refractivity contribution is 9.10. The minimum atomic E-state index is -3.49. The molecule has 5 heteroatoms. The van der Waals surface area contributed by atoms with Crippen molar-refractivity contribution in [2.75, 3.05) is 6.61 Å². The minimum absolute atomic E-state index is 0.140. The fourth-order valence-electron chi connectivity index (χ4n) is 3.72. The van der Waals surface area contributed by atoms with Crippen LogP contribution in [0.2, 0.25) is 0 Å². The molecule has 0 fully saturated rings. The second kappa shape index (κ2) is 8.71. The van der Waals surface area contributed by atoms with Crippen molar-refractivity contribution >= 4 is 29.3 Å². The molecular formula is C24H22BrO3P. The Kier molecular flexibility index (Phi) is 6.05. The van der Waals surface area contributed by atoms with Gasteiger partial charge in [-0.05, 0) is 36.3 Å². The van der Waals surface area contributed by atoms with Crippen LogP contribution in [-0.2, 0) is 13.6 Å². The second-order valence-corrected chi connectivity index (χ2v) is 9.87. The van der Waals surface area contributed by atoms with Crippen LogP contribution in [0.4, 0.5) is 0 Å². The Bertz CT molecular complexity index is 1030. The quantitative estimate of drug-likeness (QED) is 0.362. The predicted octanol–water partition coefficient (Wildman–Crippen LogP) is 7.57. The summed E-state index contributed by atoms with van der Waals surface area (Å²) in [6, 6.07) is 27.8. The molecule has 1 aliphatic rings. The molecule has 148 valence electrons. The van der Waals surface area contributed by atoms with Crippen molar-refractivity contribution in [2.24, 2.45) is 0 Å². The maximum absolute atomic E-state index is 14.1. The Morgan fingerprint density at radius 1 is 0.897 bits per heavy atom. The maximum Gasteiger partial charge on any atom is 0.387 e. The fourth-order valence-corrected chi connectivity index (χ4v) is 6.30. The lowest BCUT2D eigenvalue weighted by molar-refractivity contribution is 0.252. The van der Waals surface area contributed by atoms with E-state index in [-0.39, 0.29) is 5.92 Å². The summed E-state index contributed by atoms with van der Waals surface area (Å²) in [7, 11) is -3.49. The molecule has 0 unspecified atom stereocenters. The maximum atomic E-state index is 14.1. The molecule has 0 amide bonds. The van der Waals surface area contributed by atoms with E-state index in [1.54, 1.807) is 0 Å². The molecule has 1 heterocycles. The van der Waals surface area contributed by atoms with Gasteiger partial charge >= 0.3 is 7.60 Å². The largest absolute Gasteiger partial charge is 0.424 e. The van der Waals surface area contributed by atoms with E-state index in [1.165, 1.54) is 0 Å². The monoisotopic (exact) mass is 468 g/mol. The molecular weight excluding hydrogens is 447 g/mol. The van der Waals surface area contributed by atoms with E-state index < -0.39 is 13.3 Å². The smallest absolute Gasteiger partial charge is 0.387 e. The molecule has 0 spiro atoms. The number of rotatable bonds is 5. The Balaban J connectivity index is 1.90. The molecule has 0 radical (unpaired) electrons. The van der Waals surface area contributed by atoms with E-state index in [0.717, 1.165) is 21.2 Å². The molecule has 0 saturated carbocycles. The number of benzene rings is 3. The summed E-state index contributed by atoms with van der Waals surface area (Å²) >= 11 is 3.49. The highest BCUT2D eigenvalue weighted by Gasteiger charge is 2.47.